The van der Waals surface area contributed by atoms with E-state index in [2.05, 4.69) is 73.7 Å². The lowest BCUT2D eigenvalue weighted by atomic mass is 9.86. The quantitative estimate of drug-likeness (QED) is 0.609. The SMILES string of the molecule is C[C@H]1Cc2ccc(C#N)cc2[C@@H]1c1ccc(-c2ccccc2)cc1. The molecule has 0 bridgehead atoms. The Morgan fingerprint density at radius 2 is 1.58 bits per heavy atom. The van der Waals surface area contributed by atoms with Gasteiger partial charge < -0.3 is 0 Å². The van der Waals surface area contributed by atoms with Gasteiger partial charge in [-0.15, -0.1) is 0 Å². The predicted molar refractivity (Wildman–Crippen MR) is 97.7 cm³/mol. The largest absolute Gasteiger partial charge is 0.192 e. The summed E-state index contributed by atoms with van der Waals surface area (Å²) in [6.45, 7) is 2.31. The van der Waals surface area contributed by atoms with Gasteiger partial charge >= 0.3 is 0 Å². The van der Waals surface area contributed by atoms with Crippen molar-refractivity contribution in [2.75, 3.05) is 0 Å². The molecule has 2 atom stereocenters. The van der Waals surface area contributed by atoms with E-state index in [-0.39, 0.29) is 0 Å². The van der Waals surface area contributed by atoms with Gasteiger partial charge in [-0.1, -0.05) is 67.6 Å². The topological polar surface area (TPSA) is 23.8 Å². The van der Waals surface area contributed by atoms with Crippen molar-refractivity contribution in [2.45, 2.75) is 19.3 Å². The van der Waals surface area contributed by atoms with Crippen LogP contribution in [0.3, 0.4) is 0 Å². The van der Waals surface area contributed by atoms with E-state index in [1.54, 1.807) is 0 Å². The first-order valence-electron chi connectivity index (χ1n) is 8.44. The second-order valence-corrected chi connectivity index (χ2v) is 6.67. The molecule has 0 unspecified atom stereocenters. The van der Waals surface area contributed by atoms with Crippen molar-refractivity contribution in [1.82, 2.24) is 0 Å². The molecule has 1 aliphatic rings. The third-order valence-electron chi connectivity index (χ3n) is 5.10. The van der Waals surface area contributed by atoms with Gasteiger partial charge in [0, 0.05) is 5.92 Å². The molecule has 1 nitrogen and oxygen atoms in total. The summed E-state index contributed by atoms with van der Waals surface area (Å²) in [7, 11) is 0. The van der Waals surface area contributed by atoms with Crippen molar-refractivity contribution in [1.29, 1.82) is 5.26 Å². The van der Waals surface area contributed by atoms with Crippen molar-refractivity contribution < 1.29 is 0 Å². The fraction of sp³-hybridized carbons (Fsp3) is 0.174. The van der Waals surface area contributed by atoms with Crippen LogP contribution in [0.5, 0.6) is 0 Å². The molecule has 4 rings (SSSR count). The monoisotopic (exact) mass is 309 g/mol. The Labute approximate surface area is 143 Å². The summed E-state index contributed by atoms with van der Waals surface area (Å²) >= 11 is 0. The van der Waals surface area contributed by atoms with Crippen LogP contribution in [0.2, 0.25) is 0 Å². The lowest BCUT2D eigenvalue weighted by molar-refractivity contribution is 0.557. The fourth-order valence-electron chi connectivity index (χ4n) is 3.93. The van der Waals surface area contributed by atoms with Crippen LogP contribution in [0.15, 0.2) is 72.8 Å². The molecule has 0 radical (unpaired) electrons. The highest BCUT2D eigenvalue weighted by Gasteiger charge is 2.30. The molecule has 0 aromatic heterocycles. The summed E-state index contributed by atoms with van der Waals surface area (Å²) in [4.78, 5) is 0. The second kappa shape index (κ2) is 5.98. The minimum atomic E-state index is 0.387. The third kappa shape index (κ3) is 2.51. The normalized spacial score (nSPS) is 18.8. The number of nitrogens with zero attached hydrogens (tertiary/aromatic N) is 1. The van der Waals surface area contributed by atoms with Crippen LogP contribution < -0.4 is 0 Å². The molecule has 24 heavy (non-hydrogen) atoms. The van der Waals surface area contributed by atoms with Crippen LogP contribution in [-0.2, 0) is 6.42 Å². The first kappa shape index (κ1) is 14.7. The van der Waals surface area contributed by atoms with Gasteiger partial charge in [0.1, 0.15) is 0 Å². The molecule has 1 heteroatoms. The Bertz CT molecular complexity index is 901. The van der Waals surface area contributed by atoms with E-state index in [9.17, 15) is 5.26 Å². The minimum Gasteiger partial charge on any atom is -0.192 e. The molecule has 0 amide bonds. The molecule has 0 N–H and O–H groups in total. The molecule has 3 aromatic carbocycles. The van der Waals surface area contributed by atoms with Gasteiger partial charge in [0.25, 0.3) is 0 Å². The number of hydrogen-bond donors (Lipinski definition) is 0. The molecule has 0 fully saturated rings. The van der Waals surface area contributed by atoms with Crippen LogP contribution in [-0.4, -0.2) is 0 Å². The number of benzene rings is 3. The van der Waals surface area contributed by atoms with Gasteiger partial charge in [0.15, 0.2) is 0 Å². The van der Waals surface area contributed by atoms with Gasteiger partial charge in [-0.3, -0.25) is 0 Å². The molecule has 116 valence electrons. The molecular weight excluding hydrogens is 290 g/mol. The van der Waals surface area contributed by atoms with Crippen LogP contribution in [0.1, 0.15) is 35.1 Å². The third-order valence-corrected chi connectivity index (χ3v) is 5.10. The molecule has 0 aliphatic heterocycles. The van der Waals surface area contributed by atoms with Crippen molar-refractivity contribution >= 4 is 0 Å². The zero-order valence-electron chi connectivity index (χ0n) is 13.7. The highest BCUT2D eigenvalue weighted by Crippen LogP contribution is 2.42. The maximum Gasteiger partial charge on any atom is 0.0991 e. The van der Waals surface area contributed by atoms with E-state index in [1.807, 2.05) is 12.1 Å². The van der Waals surface area contributed by atoms with Crippen LogP contribution in [0.4, 0.5) is 0 Å². The Hall–Kier alpha value is -2.85. The first-order valence-corrected chi connectivity index (χ1v) is 8.44. The highest BCUT2D eigenvalue weighted by molar-refractivity contribution is 5.64. The maximum atomic E-state index is 9.20. The first-order chi connectivity index (χ1) is 11.8. The van der Waals surface area contributed by atoms with Crippen LogP contribution in [0.25, 0.3) is 11.1 Å². The predicted octanol–water partition coefficient (Wildman–Crippen LogP) is 5.55. The molecular formula is C23H19N. The Balaban J connectivity index is 1.71. The Kier molecular flexibility index (Phi) is 3.67. The summed E-state index contributed by atoms with van der Waals surface area (Å²) in [6, 6.07) is 27.8. The van der Waals surface area contributed by atoms with E-state index in [0.717, 1.165) is 12.0 Å². The van der Waals surface area contributed by atoms with Gasteiger partial charge in [-0.25, -0.2) is 0 Å². The average Bonchev–Trinajstić information content (AvgIpc) is 2.97. The lowest BCUT2D eigenvalue weighted by Gasteiger charge is -2.18. The fourth-order valence-corrected chi connectivity index (χ4v) is 3.93. The van der Waals surface area contributed by atoms with Gasteiger partial charge in [-0.05, 0) is 52.3 Å². The number of rotatable bonds is 2. The lowest BCUT2D eigenvalue weighted by Crippen LogP contribution is -2.05. The summed E-state index contributed by atoms with van der Waals surface area (Å²) < 4.78 is 0. The van der Waals surface area contributed by atoms with Gasteiger partial charge in [0.2, 0.25) is 0 Å². The van der Waals surface area contributed by atoms with Crippen LogP contribution >= 0.6 is 0 Å². The van der Waals surface area contributed by atoms with Crippen LogP contribution in [0, 0.1) is 17.2 Å². The molecule has 0 spiro atoms. The number of nitriles is 1. The Morgan fingerprint density at radius 1 is 0.875 bits per heavy atom. The maximum absolute atomic E-state index is 9.20. The second-order valence-electron chi connectivity index (χ2n) is 6.67. The van der Waals surface area contributed by atoms with E-state index in [1.165, 1.54) is 27.8 Å². The smallest absolute Gasteiger partial charge is 0.0991 e. The summed E-state index contributed by atoms with van der Waals surface area (Å²) in [6.07, 6.45) is 1.09. The van der Waals surface area contributed by atoms with E-state index in [4.69, 9.17) is 0 Å². The number of hydrogen-bond acceptors (Lipinski definition) is 1. The standard InChI is InChI=1S/C23H19N/c1-16-13-21-8-7-17(15-24)14-22(21)23(16)20-11-9-19(10-12-20)18-5-3-2-4-6-18/h2-12,14,16,23H,13H2,1H3/t16-,23-/m0/s1. The summed E-state index contributed by atoms with van der Waals surface area (Å²) in [5, 5.41) is 9.20. The summed E-state index contributed by atoms with van der Waals surface area (Å²) in [5.41, 5.74) is 7.31. The summed E-state index contributed by atoms with van der Waals surface area (Å²) in [5.74, 6) is 0.953. The van der Waals surface area contributed by atoms with Crippen molar-refractivity contribution in [3.05, 3.63) is 95.1 Å². The van der Waals surface area contributed by atoms with Crippen molar-refractivity contribution in [2.24, 2.45) is 5.92 Å². The molecule has 3 aromatic rings. The molecule has 0 heterocycles. The van der Waals surface area contributed by atoms with E-state index in [0.29, 0.717) is 11.8 Å². The van der Waals surface area contributed by atoms with E-state index >= 15 is 0 Å². The minimum absolute atomic E-state index is 0.387. The Morgan fingerprint density at radius 3 is 2.29 bits per heavy atom. The van der Waals surface area contributed by atoms with Gasteiger partial charge in [-0.2, -0.15) is 5.26 Å². The number of fused-ring (bicyclic) bond motifs is 1. The van der Waals surface area contributed by atoms with Gasteiger partial charge in [0.05, 0.1) is 11.6 Å². The van der Waals surface area contributed by atoms with Crippen molar-refractivity contribution in [3.63, 3.8) is 0 Å². The zero-order chi connectivity index (χ0) is 16.5. The van der Waals surface area contributed by atoms with Crippen molar-refractivity contribution in [3.8, 4) is 17.2 Å². The molecule has 0 saturated carbocycles. The zero-order valence-corrected chi connectivity index (χ0v) is 13.7. The average molecular weight is 309 g/mol. The molecule has 0 saturated heterocycles. The molecule has 1 aliphatic carbocycles. The highest BCUT2D eigenvalue weighted by atomic mass is 14.3. The van der Waals surface area contributed by atoms with E-state index < -0.39 is 0 Å².